The standard InChI is InChI=1S/C17H19F2N3O/c1-20-17(21-10-12-6-7-16(23)15(19)9-12)22(2)11-13-4-3-5-14(18)8-13/h3-9,23H,10-11H2,1-2H3,(H,20,21). The Bertz CT molecular complexity index is 704. The molecule has 2 aromatic rings. The molecule has 0 saturated heterocycles. The second-order valence-electron chi connectivity index (χ2n) is 5.17. The zero-order valence-electron chi connectivity index (χ0n) is 13.1. The number of benzene rings is 2. The SMILES string of the molecule is CN=C(NCc1ccc(O)c(F)c1)N(C)Cc1cccc(F)c1. The van der Waals surface area contributed by atoms with Gasteiger partial charge in [-0.1, -0.05) is 18.2 Å². The molecule has 2 rings (SSSR count). The van der Waals surface area contributed by atoms with Gasteiger partial charge in [-0.3, -0.25) is 4.99 Å². The first-order chi connectivity index (χ1) is 11.0. The molecule has 0 amide bonds. The van der Waals surface area contributed by atoms with Gasteiger partial charge in [0.2, 0.25) is 0 Å². The van der Waals surface area contributed by atoms with Crippen molar-refractivity contribution in [3.8, 4) is 5.75 Å². The van der Waals surface area contributed by atoms with Gasteiger partial charge in [-0.15, -0.1) is 0 Å². The molecule has 122 valence electrons. The van der Waals surface area contributed by atoms with Crippen LogP contribution in [0.25, 0.3) is 0 Å². The van der Waals surface area contributed by atoms with Gasteiger partial charge in [-0.05, 0) is 35.4 Å². The summed E-state index contributed by atoms with van der Waals surface area (Å²) in [5, 5.41) is 12.3. The Morgan fingerprint density at radius 2 is 1.96 bits per heavy atom. The Balaban J connectivity index is 1.97. The van der Waals surface area contributed by atoms with E-state index in [0.717, 1.165) is 5.56 Å². The Hall–Kier alpha value is -2.63. The van der Waals surface area contributed by atoms with Crippen LogP contribution in [0.1, 0.15) is 11.1 Å². The first kappa shape index (κ1) is 16.7. The molecular weight excluding hydrogens is 300 g/mol. The van der Waals surface area contributed by atoms with E-state index >= 15 is 0 Å². The maximum absolute atomic E-state index is 13.3. The van der Waals surface area contributed by atoms with Crippen LogP contribution < -0.4 is 5.32 Å². The van der Waals surface area contributed by atoms with Crippen LogP contribution in [0.15, 0.2) is 47.5 Å². The van der Waals surface area contributed by atoms with Crippen LogP contribution in [-0.4, -0.2) is 30.1 Å². The molecule has 0 saturated carbocycles. The zero-order chi connectivity index (χ0) is 16.8. The van der Waals surface area contributed by atoms with Crippen molar-refractivity contribution in [1.82, 2.24) is 10.2 Å². The predicted octanol–water partition coefficient (Wildman–Crippen LogP) is 2.88. The molecule has 0 bridgehead atoms. The molecule has 4 nitrogen and oxygen atoms in total. The van der Waals surface area contributed by atoms with Gasteiger partial charge in [0.1, 0.15) is 5.82 Å². The minimum atomic E-state index is -0.660. The van der Waals surface area contributed by atoms with E-state index in [1.807, 2.05) is 18.0 Å². The highest BCUT2D eigenvalue weighted by atomic mass is 19.1. The molecule has 0 aliphatic heterocycles. The Labute approximate surface area is 134 Å². The summed E-state index contributed by atoms with van der Waals surface area (Å²) in [7, 11) is 3.47. The molecule has 0 aliphatic rings. The van der Waals surface area contributed by atoms with Crippen molar-refractivity contribution in [1.29, 1.82) is 0 Å². The lowest BCUT2D eigenvalue weighted by atomic mass is 10.2. The monoisotopic (exact) mass is 319 g/mol. The number of aliphatic imine (C=N–C) groups is 1. The molecule has 0 heterocycles. The van der Waals surface area contributed by atoms with Crippen LogP contribution in [-0.2, 0) is 13.1 Å². The van der Waals surface area contributed by atoms with E-state index in [-0.39, 0.29) is 11.6 Å². The number of guanidine groups is 1. The Kier molecular flexibility index (Phi) is 5.51. The quantitative estimate of drug-likeness (QED) is 0.673. The third-order valence-corrected chi connectivity index (χ3v) is 3.34. The largest absolute Gasteiger partial charge is 0.505 e. The van der Waals surface area contributed by atoms with E-state index in [1.165, 1.54) is 24.3 Å². The van der Waals surface area contributed by atoms with Crippen LogP contribution in [0.4, 0.5) is 8.78 Å². The van der Waals surface area contributed by atoms with Crippen LogP contribution in [0.3, 0.4) is 0 Å². The fourth-order valence-electron chi connectivity index (χ4n) is 2.21. The summed E-state index contributed by atoms with van der Waals surface area (Å²) in [6.45, 7) is 0.846. The molecule has 0 spiro atoms. The lowest BCUT2D eigenvalue weighted by molar-refractivity contribution is 0.431. The van der Waals surface area contributed by atoms with Crippen molar-refractivity contribution in [3.63, 3.8) is 0 Å². The van der Waals surface area contributed by atoms with Gasteiger partial charge < -0.3 is 15.3 Å². The number of hydrogen-bond donors (Lipinski definition) is 2. The van der Waals surface area contributed by atoms with Crippen LogP contribution in [0.5, 0.6) is 5.75 Å². The minimum absolute atomic E-state index is 0.279. The summed E-state index contributed by atoms with van der Waals surface area (Å²) in [6, 6.07) is 10.6. The molecule has 0 unspecified atom stereocenters. The van der Waals surface area contributed by atoms with Gasteiger partial charge in [-0.2, -0.15) is 0 Å². The number of rotatable bonds is 4. The zero-order valence-corrected chi connectivity index (χ0v) is 13.1. The fraction of sp³-hybridized carbons (Fsp3) is 0.235. The summed E-state index contributed by atoms with van der Waals surface area (Å²) in [5.41, 5.74) is 1.51. The maximum atomic E-state index is 13.3. The van der Waals surface area contributed by atoms with E-state index in [9.17, 15) is 13.9 Å². The molecule has 0 aromatic heterocycles. The third-order valence-electron chi connectivity index (χ3n) is 3.34. The summed E-state index contributed by atoms with van der Waals surface area (Å²) >= 11 is 0. The highest BCUT2D eigenvalue weighted by molar-refractivity contribution is 5.79. The van der Waals surface area contributed by atoms with Crippen LogP contribution in [0.2, 0.25) is 0 Å². The van der Waals surface area contributed by atoms with Crippen molar-refractivity contribution < 1.29 is 13.9 Å². The highest BCUT2D eigenvalue weighted by Crippen LogP contribution is 2.16. The molecule has 2 aromatic carbocycles. The molecule has 2 N–H and O–H groups in total. The number of phenols is 1. The number of halogens is 2. The number of nitrogens with zero attached hydrogens (tertiary/aromatic N) is 2. The second kappa shape index (κ2) is 7.58. The molecule has 0 atom stereocenters. The number of hydrogen-bond acceptors (Lipinski definition) is 2. The maximum Gasteiger partial charge on any atom is 0.193 e. The van der Waals surface area contributed by atoms with Gasteiger partial charge >= 0.3 is 0 Å². The molecule has 6 heteroatoms. The Morgan fingerprint density at radius 1 is 1.17 bits per heavy atom. The van der Waals surface area contributed by atoms with Gasteiger partial charge in [0.25, 0.3) is 0 Å². The first-order valence-corrected chi connectivity index (χ1v) is 7.13. The summed E-state index contributed by atoms with van der Waals surface area (Å²) in [4.78, 5) is 6.00. The lowest BCUT2D eigenvalue weighted by Gasteiger charge is -2.22. The van der Waals surface area contributed by atoms with Crippen molar-refractivity contribution in [2.75, 3.05) is 14.1 Å². The van der Waals surface area contributed by atoms with Crippen molar-refractivity contribution in [2.45, 2.75) is 13.1 Å². The van der Waals surface area contributed by atoms with Gasteiger partial charge in [0, 0.05) is 27.2 Å². The Morgan fingerprint density at radius 3 is 2.61 bits per heavy atom. The second-order valence-corrected chi connectivity index (χ2v) is 5.17. The number of phenolic OH excluding ortho intramolecular Hbond substituents is 1. The van der Waals surface area contributed by atoms with Gasteiger partial charge in [0.05, 0.1) is 0 Å². The fourth-order valence-corrected chi connectivity index (χ4v) is 2.21. The molecule has 0 radical (unpaired) electrons. The van der Waals surface area contributed by atoms with Crippen LogP contribution in [0, 0.1) is 11.6 Å². The topological polar surface area (TPSA) is 47.9 Å². The number of nitrogens with one attached hydrogen (secondary N) is 1. The first-order valence-electron chi connectivity index (χ1n) is 7.13. The smallest absolute Gasteiger partial charge is 0.193 e. The highest BCUT2D eigenvalue weighted by Gasteiger charge is 2.08. The average molecular weight is 319 g/mol. The molecule has 0 fully saturated rings. The summed E-state index contributed by atoms with van der Waals surface area (Å²) in [6.07, 6.45) is 0. The molecule has 23 heavy (non-hydrogen) atoms. The van der Waals surface area contributed by atoms with E-state index in [2.05, 4.69) is 10.3 Å². The van der Waals surface area contributed by atoms with E-state index in [0.29, 0.717) is 24.6 Å². The molecular formula is C17H19F2N3O. The van der Waals surface area contributed by atoms with Gasteiger partial charge in [0.15, 0.2) is 17.5 Å². The van der Waals surface area contributed by atoms with E-state index in [4.69, 9.17) is 0 Å². The normalized spacial score (nSPS) is 11.4. The van der Waals surface area contributed by atoms with Crippen LogP contribution >= 0.6 is 0 Å². The van der Waals surface area contributed by atoms with Crippen molar-refractivity contribution in [3.05, 3.63) is 65.2 Å². The van der Waals surface area contributed by atoms with E-state index < -0.39 is 5.82 Å². The average Bonchev–Trinajstić information content (AvgIpc) is 2.51. The van der Waals surface area contributed by atoms with Gasteiger partial charge in [-0.25, -0.2) is 8.78 Å². The van der Waals surface area contributed by atoms with E-state index in [1.54, 1.807) is 19.2 Å². The summed E-state index contributed by atoms with van der Waals surface area (Å²) in [5.74, 6) is -0.713. The lowest BCUT2D eigenvalue weighted by Crippen LogP contribution is -2.38. The molecule has 0 aliphatic carbocycles. The predicted molar refractivity (Wildman–Crippen MR) is 86.1 cm³/mol. The third kappa shape index (κ3) is 4.67. The summed E-state index contributed by atoms with van der Waals surface area (Å²) < 4.78 is 26.5. The number of aromatic hydroxyl groups is 1. The van der Waals surface area contributed by atoms with Crippen molar-refractivity contribution >= 4 is 5.96 Å². The van der Waals surface area contributed by atoms with Crippen molar-refractivity contribution in [2.24, 2.45) is 4.99 Å². The minimum Gasteiger partial charge on any atom is -0.505 e.